The molecule has 1 aliphatic rings. The monoisotopic (exact) mass is 310 g/mol. The molecule has 2 aromatic rings. The van der Waals surface area contributed by atoms with Gasteiger partial charge in [-0.2, -0.15) is 5.10 Å². The number of nitro benzene ring substituents is 1. The number of nitrogens with one attached hydrogen (secondary N) is 2. The summed E-state index contributed by atoms with van der Waals surface area (Å²) in [4.78, 5) is 25.3. The van der Waals surface area contributed by atoms with E-state index in [4.69, 9.17) is 0 Å². The number of benzene rings is 1. The second kappa shape index (κ2) is 5.88. The van der Waals surface area contributed by atoms with Gasteiger partial charge in [-0.15, -0.1) is 0 Å². The van der Waals surface area contributed by atoms with Crippen LogP contribution in [0.3, 0.4) is 0 Å². The van der Waals surface area contributed by atoms with Crippen LogP contribution in [0, 0.1) is 10.1 Å². The van der Waals surface area contributed by atoms with Gasteiger partial charge in [0, 0.05) is 29.9 Å². The second-order valence-electron chi connectivity index (χ2n) is 5.19. The zero-order chi connectivity index (χ0) is 16.4. The average Bonchev–Trinajstić information content (AvgIpc) is 3.18. The summed E-state index contributed by atoms with van der Waals surface area (Å²) in [7, 11) is 0. The van der Waals surface area contributed by atoms with Crippen LogP contribution in [0.5, 0.6) is 0 Å². The van der Waals surface area contributed by atoms with Crippen LogP contribution in [0.4, 0.5) is 5.69 Å². The van der Waals surface area contributed by atoms with Crippen LogP contribution in [0.1, 0.15) is 24.1 Å². The van der Waals surface area contributed by atoms with Gasteiger partial charge < -0.3 is 4.98 Å². The van der Waals surface area contributed by atoms with E-state index in [0.29, 0.717) is 11.3 Å². The largest absolute Gasteiger partial charge is 0.362 e. The standard InChI is InChI=1S/C16H14N4O3/c1-10(11-4-6-13(7-5-11)20(22)23)15-14(16(21)19-18-15)9-12-3-2-8-17-12/h2-10,17H,1H3,(H,19,21)/b14-9+. The zero-order valence-electron chi connectivity index (χ0n) is 12.3. The predicted octanol–water partition coefficient (Wildman–Crippen LogP) is 2.60. The maximum absolute atomic E-state index is 12.0. The van der Waals surface area contributed by atoms with Gasteiger partial charge in [-0.25, -0.2) is 5.43 Å². The fourth-order valence-electron chi connectivity index (χ4n) is 2.45. The maximum Gasteiger partial charge on any atom is 0.273 e. The van der Waals surface area contributed by atoms with Gasteiger partial charge in [0.15, 0.2) is 0 Å². The summed E-state index contributed by atoms with van der Waals surface area (Å²) in [6.45, 7) is 1.91. The Morgan fingerprint density at radius 2 is 2.00 bits per heavy atom. The van der Waals surface area contributed by atoms with Gasteiger partial charge in [-0.05, 0) is 23.8 Å². The fourth-order valence-corrected chi connectivity index (χ4v) is 2.45. The van der Waals surface area contributed by atoms with E-state index < -0.39 is 4.92 Å². The first kappa shape index (κ1) is 14.7. The van der Waals surface area contributed by atoms with E-state index in [1.165, 1.54) is 12.1 Å². The first-order valence-electron chi connectivity index (χ1n) is 7.04. The van der Waals surface area contributed by atoms with Gasteiger partial charge in [-0.1, -0.05) is 19.1 Å². The Morgan fingerprint density at radius 3 is 2.61 bits per heavy atom. The van der Waals surface area contributed by atoms with Crippen molar-refractivity contribution < 1.29 is 9.72 Å². The first-order valence-corrected chi connectivity index (χ1v) is 7.04. The van der Waals surface area contributed by atoms with Crippen LogP contribution in [0.15, 0.2) is 53.3 Å². The molecule has 0 saturated carbocycles. The Morgan fingerprint density at radius 1 is 1.26 bits per heavy atom. The molecule has 0 aliphatic carbocycles. The van der Waals surface area contributed by atoms with Crippen LogP contribution >= 0.6 is 0 Å². The Hall–Kier alpha value is -3.22. The van der Waals surface area contributed by atoms with Crippen molar-refractivity contribution >= 4 is 23.4 Å². The molecule has 0 radical (unpaired) electrons. The lowest BCUT2D eigenvalue weighted by Gasteiger charge is -2.11. The number of hydrazone groups is 1. The highest BCUT2D eigenvalue weighted by molar-refractivity contribution is 6.29. The number of carbonyl (C=O) groups is 1. The molecule has 3 rings (SSSR count). The Labute approximate surface area is 131 Å². The topological polar surface area (TPSA) is 100 Å². The Balaban J connectivity index is 1.90. The van der Waals surface area contributed by atoms with Gasteiger partial charge in [0.05, 0.1) is 16.2 Å². The highest BCUT2D eigenvalue weighted by Gasteiger charge is 2.28. The summed E-state index contributed by atoms with van der Waals surface area (Å²) in [5.41, 5.74) is 5.25. The van der Waals surface area contributed by atoms with Crippen LogP contribution in [-0.2, 0) is 4.79 Å². The molecule has 0 saturated heterocycles. The molecular formula is C16H14N4O3. The third-order valence-electron chi connectivity index (χ3n) is 3.73. The van der Waals surface area contributed by atoms with E-state index in [1.54, 1.807) is 24.4 Å². The molecule has 1 amide bonds. The lowest BCUT2D eigenvalue weighted by Crippen LogP contribution is -2.15. The van der Waals surface area contributed by atoms with E-state index in [9.17, 15) is 14.9 Å². The van der Waals surface area contributed by atoms with Crippen LogP contribution in [-0.4, -0.2) is 21.5 Å². The highest BCUT2D eigenvalue weighted by atomic mass is 16.6. The third-order valence-corrected chi connectivity index (χ3v) is 3.73. The number of amides is 1. The lowest BCUT2D eigenvalue weighted by molar-refractivity contribution is -0.384. The molecular weight excluding hydrogens is 296 g/mol. The molecule has 0 fully saturated rings. The highest BCUT2D eigenvalue weighted by Crippen LogP contribution is 2.26. The molecule has 116 valence electrons. The first-order chi connectivity index (χ1) is 11.1. The normalized spacial score (nSPS) is 17.0. The van der Waals surface area contributed by atoms with E-state index in [0.717, 1.165) is 11.3 Å². The average molecular weight is 310 g/mol. The van der Waals surface area contributed by atoms with Gasteiger partial charge in [0.2, 0.25) is 0 Å². The minimum atomic E-state index is -0.441. The van der Waals surface area contributed by atoms with E-state index in [1.807, 2.05) is 19.1 Å². The number of hydrogen-bond acceptors (Lipinski definition) is 4. The number of rotatable bonds is 4. The molecule has 7 nitrogen and oxygen atoms in total. The molecule has 1 unspecified atom stereocenters. The van der Waals surface area contributed by atoms with Gasteiger partial charge in [0.25, 0.3) is 11.6 Å². The summed E-state index contributed by atoms with van der Waals surface area (Å²) in [5.74, 6) is -0.431. The van der Waals surface area contributed by atoms with E-state index in [-0.39, 0.29) is 17.5 Å². The molecule has 2 N–H and O–H groups in total. The van der Waals surface area contributed by atoms with Crippen LogP contribution in [0.2, 0.25) is 0 Å². The van der Waals surface area contributed by atoms with Gasteiger partial charge >= 0.3 is 0 Å². The lowest BCUT2D eigenvalue weighted by atomic mass is 9.91. The van der Waals surface area contributed by atoms with Crippen molar-refractivity contribution in [3.8, 4) is 0 Å². The molecule has 1 aromatic heterocycles. The molecule has 0 bridgehead atoms. The van der Waals surface area contributed by atoms with Crippen molar-refractivity contribution in [1.29, 1.82) is 0 Å². The number of nitro groups is 1. The van der Waals surface area contributed by atoms with Gasteiger partial charge in [0.1, 0.15) is 0 Å². The Bertz CT molecular complexity index is 804. The van der Waals surface area contributed by atoms with E-state index in [2.05, 4.69) is 15.5 Å². The summed E-state index contributed by atoms with van der Waals surface area (Å²) >= 11 is 0. The number of H-pyrrole nitrogens is 1. The minimum absolute atomic E-state index is 0.0330. The number of non-ortho nitro benzene ring substituents is 1. The third kappa shape index (κ3) is 2.89. The maximum atomic E-state index is 12.0. The number of carbonyl (C=O) groups excluding carboxylic acids is 1. The smallest absolute Gasteiger partial charge is 0.273 e. The number of aromatic amines is 1. The number of nitrogens with zero attached hydrogens (tertiary/aromatic N) is 2. The van der Waals surface area contributed by atoms with Crippen LogP contribution < -0.4 is 5.43 Å². The molecule has 23 heavy (non-hydrogen) atoms. The molecule has 1 aromatic carbocycles. The molecule has 2 heterocycles. The summed E-state index contributed by atoms with van der Waals surface area (Å²) < 4.78 is 0. The van der Waals surface area contributed by atoms with Crippen LogP contribution in [0.25, 0.3) is 6.08 Å². The SMILES string of the molecule is CC(C1=NNC(=O)/C1=C/c1ccc[nH]1)c1ccc([N+](=O)[O-])cc1. The second-order valence-corrected chi connectivity index (χ2v) is 5.19. The Kier molecular flexibility index (Phi) is 3.76. The summed E-state index contributed by atoms with van der Waals surface area (Å²) in [6.07, 6.45) is 3.51. The van der Waals surface area contributed by atoms with Gasteiger partial charge in [-0.3, -0.25) is 14.9 Å². The summed E-state index contributed by atoms with van der Waals surface area (Å²) in [5, 5.41) is 14.8. The number of aromatic nitrogens is 1. The van der Waals surface area contributed by atoms with Crippen molar-refractivity contribution in [2.24, 2.45) is 5.10 Å². The summed E-state index contributed by atoms with van der Waals surface area (Å²) in [6, 6.07) is 9.96. The molecule has 0 spiro atoms. The zero-order valence-corrected chi connectivity index (χ0v) is 12.3. The van der Waals surface area contributed by atoms with Crippen molar-refractivity contribution in [2.75, 3.05) is 0 Å². The van der Waals surface area contributed by atoms with Crippen molar-refractivity contribution in [3.05, 3.63) is 69.5 Å². The number of hydrogen-bond donors (Lipinski definition) is 2. The minimum Gasteiger partial charge on any atom is -0.362 e. The van der Waals surface area contributed by atoms with Crippen molar-refractivity contribution in [2.45, 2.75) is 12.8 Å². The molecule has 1 atom stereocenters. The van der Waals surface area contributed by atoms with Crippen molar-refractivity contribution in [3.63, 3.8) is 0 Å². The quantitative estimate of drug-likeness (QED) is 0.515. The predicted molar refractivity (Wildman–Crippen MR) is 85.9 cm³/mol. The van der Waals surface area contributed by atoms with E-state index >= 15 is 0 Å². The molecule has 7 heteroatoms. The van der Waals surface area contributed by atoms with Crippen molar-refractivity contribution in [1.82, 2.24) is 10.4 Å². The molecule has 1 aliphatic heterocycles. The fraction of sp³-hybridized carbons (Fsp3) is 0.125.